The predicted octanol–water partition coefficient (Wildman–Crippen LogP) is 2.68. The number of carboxylic acid groups (broad SMARTS) is 1. The Morgan fingerprint density at radius 3 is 2.56 bits per heavy atom. The molecule has 0 radical (unpaired) electrons. The van der Waals surface area contributed by atoms with Crippen molar-refractivity contribution in [2.75, 3.05) is 0 Å². The summed E-state index contributed by atoms with van der Waals surface area (Å²) in [5.41, 5.74) is 1.10. The summed E-state index contributed by atoms with van der Waals surface area (Å²) in [6.07, 6.45) is 0.962. The molecule has 0 saturated heterocycles. The minimum atomic E-state index is -0.768. The van der Waals surface area contributed by atoms with Crippen LogP contribution in [0.3, 0.4) is 0 Å². The van der Waals surface area contributed by atoms with Crippen LogP contribution in [0.5, 0.6) is 0 Å². The van der Waals surface area contributed by atoms with Crippen molar-refractivity contribution in [2.45, 2.75) is 32.4 Å². The van der Waals surface area contributed by atoms with E-state index in [2.05, 4.69) is 5.32 Å². The number of aliphatic carboxylic acids is 1. The van der Waals surface area contributed by atoms with Crippen molar-refractivity contribution in [3.05, 3.63) is 34.9 Å². The summed E-state index contributed by atoms with van der Waals surface area (Å²) in [7, 11) is 0. The molecule has 0 aliphatic heterocycles. The molecule has 0 aliphatic carbocycles. The van der Waals surface area contributed by atoms with Gasteiger partial charge in [-0.05, 0) is 24.1 Å². The number of halogens is 1. The quantitative estimate of drug-likeness (QED) is 0.805. The second-order valence-electron chi connectivity index (χ2n) is 3.71. The lowest BCUT2D eigenvalue weighted by Crippen LogP contribution is -2.30. The molecule has 0 aromatic heterocycles. The van der Waals surface area contributed by atoms with E-state index in [9.17, 15) is 4.79 Å². The molecule has 1 rings (SSSR count). The van der Waals surface area contributed by atoms with Crippen LogP contribution in [-0.4, -0.2) is 17.1 Å². The zero-order chi connectivity index (χ0) is 12.0. The smallest absolute Gasteiger partial charge is 0.304 e. The van der Waals surface area contributed by atoms with Crippen molar-refractivity contribution in [2.24, 2.45) is 0 Å². The number of hydrogen-bond acceptors (Lipinski definition) is 2. The van der Waals surface area contributed by atoms with E-state index in [0.717, 1.165) is 12.0 Å². The number of carboxylic acids is 1. The summed E-state index contributed by atoms with van der Waals surface area (Å²) < 4.78 is 0. The summed E-state index contributed by atoms with van der Waals surface area (Å²) in [4.78, 5) is 10.6. The number of rotatable bonds is 6. The minimum Gasteiger partial charge on any atom is -0.481 e. The fourth-order valence-electron chi connectivity index (χ4n) is 1.44. The maximum Gasteiger partial charge on any atom is 0.304 e. The monoisotopic (exact) mass is 241 g/mol. The first-order valence-electron chi connectivity index (χ1n) is 5.31. The highest BCUT2D eigenvalue weighted by atomic mass is 35.5. The largest absolute Gasteiger partial charge is 0.481 e. The van der Waals surface area contributed by atoms with Crippen molar-refractivity contribution in [3.63, 3.8) is 0 Å². The zero-order valence-electron chi connectivity index (χ0n) is 9.24. The molecule has 1 aromatic rings. The van der Waals surface area contributed by atoms with Gasteiger partial charge in [-0.1, -0.05) is 30.7 Å². The first-order chi connectivity index (χ1) is 7.61. The molecular formula is C12H16ClNO2. The predicted molar refractivity (Wildman–Crippen MR) is 64.6 cm³/mol. The van der Waals surface area contributed by atoms with Crippen molar-refractivity contribution >= 4 is 17.6 Å². The minimum absolute atomic E-state index is 0.0215. The van der Waals surface area contributed by atoms with Crippen LogP contribution in [0.2, 0.25) is 5.02 Å². The summed E-state index contributed by atoms with van der Waals surface area (Å²) >= 11 is 5.77. The molecule has 0 bridgehead atoms. The third-order valence-corrected chi connectivity index (χ3v) is 2.67. The fourth-order valence-corrected chi connectivity index (χ4v) is 1.56. The standard InChI is InChI=1S/C12H16ClNO2/c1-2-11(7-12(15)16)14-8-9-3-5-10(13)6-4-9/h3-6,11,14H,2,7-8H2,1H3,(H,15,16)/t11-/m1/s1. The normalized spacial score (nSPS) is 12.4. The molecule has 0 amide bonds. The first kappa shape index (κ1) is 13.0. The highest BCUT2D eigenvalue weighted by Crippen LogP contribution is 2.09. The SMILES string of the molecule is CC[C@H](CC(=O)O)NCc1ccc(Cl)cc1. The molecular weight excluding hydrogens is 226 g/mol. The average molecular weight is 242 g/mol. The average Bonchev–Trinajstić information content (AvgIpc) is 2.26. The molecule has 0 saturated carbocycles. The second-order valence-corrected chi connectivity index (χ2v) is 4.15. The zero-order valence-corrected chi connectivity index (χ0v) is 10.00. The molecule has 0 spiro atoms. The van der Waals surface area contributed by atoms with E-state index in [4.69, 9.17) is 16.7 Å². The van der Waals surface area contributed by atoms with Crippen LogP contribution in [0.15, 0.2) is 24.3 Å². The number of nitrogens with one attached hydrogen (secondary N) is 1. The molecule has 88 valence electrons. The van der Waals surface area contributed by atoms with Crippen molar-refractivity contribution in [1.29, 1.82) is 0 Å². The van der Waals surface area contributed by atoms with Gasteiger partial charge in [0.25, 0.3) is 0 Å². The molecule has 0 aliphatic rings. The van der Waals surface area contributed by atoms with E-state index in [0.29, 0.717) is 11.6 Å². The Bertz CT molecular complexity index is 337. The van der Waals surface area contributed by atoms with Gasteiger partial charge in [0.1, 0.15) is 0 Å². The van der Waals surface area contributed by atoms with Crippen LogP contribution in [0.1, 0.15) is 25.3 Å². The van der Waals surface area contributed by atoms with Crippen LogP contribution in [-0.2, 0) is 11.3 Å². The van der Waals surface area contributed by atoms with E-state index in [1.807, 2.05) is 31.2 Å². The lowest BCUT2D eigenvalue weighted by atomic mass is 10.1. The molecule has 0 heterocycles. The Balaban J connectivity index is 2.43. The summed E-state index contributed by atoms with van der Waals surface area (Å²) in [6, 6.07) is 7.55. The molecule has 2 N–H and O–H groups in total. The topological polar surface area (TPSA) is 49.3 Å². The van der Waals surface area contributed by atoms with Gasteiger partial charge in [-0.3, -0.25) is 4.79 Å². The Hall–Kier alpha value is -1.06. The van der Waals surface area contributed by atoms with Crippen molar-refractivity contribution < 1.29 is 9.90 Å². The van der Waals surface area contributed by atoms with Crippen molar-refractivity contribution in [1.82, 2.24) is 5.32 Å². The van der Waals surface area contributed by atoms with Gasteiger partial charge in [0.05, 0.1) is 6.42 Å². The number of hydrogen-bond donors (Lipinski definition) is 2. The van der Waals surface area contributed by atoms with Gasteiger partial charge >= 0.3 is 5.97 Å². The van der Waals surface area contributed by atoms with Crippen LogP contribution < -0.4 is 5.32 Å². The van der Waals surface area contributed by atoms with E-state index < -0.39 is 5.97 Å². The van der Waals surface area contributed by atoms with Crippen LogP contribution in [0, 0.1) is 0 Å². The van der Waals surface area contributed by atoms with E-state index in [1.165, 1.54) is 0 Å². The van der Waals surface area contributed by atoms with Gasteiger partial charge in [0.2, 0.25) is 0 Å². The van der Waals surface area contributed by atoms with Crippen LogP contribution in [0.4, 0.5) is 0 Å². The Morgan fingerprint density at radius 1 is 1.44 bits per heavy atom. The maximum absolute atomic E-state index is 10.6. The van der Waals surface area contributed by atoms with E-state index in [1.54, 1.807) is 0 Å². The molecule has 0 fully saturated rings. The van der Waals surface area contributed by atoms with Crippen molar-refractivity contribution in [3.8, 4) is 0 Å². The highest BCUT2D eigenvalue weighted by Gasteiger charge is 2.09. The van der Waals surface area contributed by atoms with E-state index in [-0.39, 0.29) is 12.5 Å². The van der Waals surface area contributed by atoms with Crippen LogP contribution in [0.25, 0.3) is 0 Å². The maximum atomic E-state index is 10.6. The molecule has 0 unspecified atom stereocenters. The van der Waals surface area contributed by atoms with E-state index >= 15 is 0 Å². The van der Waals surface area contributed by atoms with Gasteiger partial charge in [0.15, 0.2) is 0 Å². The molecule has 1 atom stereocenters. The Kier molecular flexibility index (Phi) is 5.29. The number of benzene rings is 1. The van der Waals surface area contributed by atoms with Gasteiger partial charge in [0, 0.05) is 17.6 Å². The third-order valence-electron chi connectivity index (χ3n) is 2.42. The highest BCUT2D eigenvalue weighted by molar-refractivity contribution is 6.30. The molecule has 16 heavy (non-hydrogen) atoms. The Labute approximate surface area is 100 Å². The van der Waals surface area contributed by atoms with Gasteiger partial charge in [-0.15, -0.1) is 0 Å². The third kappa shape index (κ3) is 4.64. The first-order valence-corrected chi connectivity index (χ1v) is 5.69. The fraction of sp³-hybridized carbons (Fsp3) is 0.417. The summed E-state index contributed by atoms with van der Waals surface area (Å²) in [6.45, 7) is 2.64. The van der Waals surface area contributed by atoms with Gasteiger partial charge < -0.3 is 10.4 Å². The molecule has 4 heteroatoms. The molecule has 1 aromatic carbocycles. The summed E-state index contributed by atoms with van der Waals surface area (Å²) in [5, 5.41) is 12.6. The second kappa shape index (κ2) is 6.51. The van der Waals surface area contributed by atoms with Crippen LogP contribution >= 0.6 is 11.6 Å². The van der Waals surface area contributed by atoms with Gasteiger partial charge in [-0.25, -0.2) is 0 Å². The van der Waals surface area contributed by atoms with Gasteiger partial charge in [-0.2, -0.15) is 0 Å². The lowest BCUT2D eigenvalue weighted by Gasteiger charge is -2.14. The number of carbonyl (C=O) groups is 1. The molecule has 3 nitrogen and oxygen atoms in total. The Morgan fingerprint density at radius 2 is 2.06 bits per heavy atom. The lowest BCUT2D eigenvalue weighted by molar-refractivity contribution is -0.137. The summed E-state index contributed by atoms with van der Waals surface area (Å²) in [5.74, 6) is -0.768.